The molecule has 11 heteroatoms. The van der Waals surface area contributed by atoms with Crippen molar-refractivity contribution in [2.24, 2.45) is 0 Å². The third kappa shape index (κ3) is 7.46. The van der Waals surface area contributed by atoms with Crippen molar-refractivity contribution in [2.45, 2.75) is 12.2 Å². The highest BCUT2D eigenvalue weighted by atomic mass is 32.2. The van der Waals surface area contributed by atoms with Crippen LogP contribution in [0.25, 0.3) is 0 Å². The number of nitrogens with zero attached hydrogens (tertiary/aromatic N) is 1. The Hall–Kier alpha value is -0.910. The summed E-state index contributed by atoms with van der Waals surface area (Å²) < 4.78 is 67.1. The first-order valence-electron chi connectivity index (χ1n) is 7.13. The van der Waals surface area contributed by atoms with Crippen molar-refractivity contribution in [3.63, 3.8) is 0 Å². The lowest BCUT2D eigenvalue weighted by atomic mass is 10.2. The summed E-state index contributed by atoms with van der Waals surface area (Å²) in [6, 6.07) is -1.82. The van der Waals surface area contributed by atoms with Crippen molar-refractivity contribution < 1.29 is 31.1 Å². The molecule has 2 N–H and O–H groups in total. The first-order valence-corrected chi connectivity index (χ1v) is 8.95. The molecule has 1 atom stereocenters. The fourth-order valence-corrected chi connectivity index (χ4v) is 3.26. The summed E-state index contributed by atoms with van der Waals surface area (Å²) in [7, 11) is -2.38. The van der Waals surface area contributed by atoms with Crippen molar-refractivity contribution in [1.82, 2.24) is 15.5 Å². The van der Waals surface area contributed by atoms with E-state index in [1.165, 1.54) is 12.0 Å². The lowest BCUT2D eigenvalue weighted by Gasteiger charge is -2.35. The Morgan fingerprint density at radius 3 is 2.48 bits per heavy atom. The Labute approximate surface area is 133 Å². The highest BCUT2D eigenvalue weighted by Crippen LogP contribution is 2.24. The fourth-order valence-electron chi connectivity index (χ4n) is 2.19. The quantitative estimate of drug-likeness (QED) is 0.577. The number of ether oxygens (including phenoxy) is 1. The molecule has 0 radical (unpaired) electrons. The van der Waals surface area contributed by atoms with Crippen LogP contribution in [0.3, 0.4) is 0 Å². The predicted molar refractivity (Wildman–Crippen MR) is 77.8 cm³/mol. The third-order valence-corrected chi connectivity index (χ3v) is 4.90. The lowest BCUT2D eigenvalue weighted by Crippen LogP contribution is -2.57. The molecule has 1 unspecified atom stereocenters. The van der Waals surface area contributed by atoms with Crippen LogP contribution < -0.4 is 10.6 Å². The number of hydrogen-bond acceptors (Lipinski definition) is 6. The van der Waals surface area contributed by atoms with Gasteiger partial charge < -0.3 is 15.4 Å². The smallest absolute Gasteiger partial charge is 0.384 e. The Bertz CT molecular complexity index is 478. The third-order valence-electron chi connectivity index (χ3n) is 3.41. The number of nitrogens with one attached hydrogen (secondary N) is 2. The highest BCUT2D eigenvalue weighted by molar-refractivity contribution is 7.92. The van der Waals surface area contributed by atoms with E-state index < -0.39 is 40.3 Å². The zero-order chi connectivity index (χ0) is 17.5. The summed E-state index contributed by atoms with van der Waals surface area (Å²) in [5.74, 6) is -2.13. The maximum Gasteiger partial charge on any atom is 0.405 e. The number of rotatable bonds is 8. The Morgan fingerprint density at radius 2 is 1.96 bits per heavy atom. The number of amides is 1. The molecule has 1 amide bonds. The second-order valence-electron chi connectivity index (χ2n) is 5.23. The number of alkyl halides is 3. The van der Waals surface area contributed by atoms with Gasteiger partial charge in [0.1, 0.15) is 11.8 Å². The molecule has 136 valence electrons. The second-order valence-corrected chi connectivity index (χ2v) is 7.42. The van der Waals surface area contributed by atoms with Gasteiger partial charge in [-0.05, 0) is 0 Å². The van der Waals surface area contributed by atoms with Gasteiger partial charge in [-0.25, -0.2) is 8.42 Å². The van der Waals surface area contributed by atoms with Crippen LogP contribution in [0.15, 0.2) is 0 Å². The molecule has 1 fully saturated rings. The summed E-state index contributed by atoms with van der Waals surface area (Å²) in [5.41, 5.74) is 0. The van der Waals surface area contributed by atoms with Gasteiger partial charge in [0.05, 0.1) is 12.4 Å². The minimum atomic E-state index is -4.50. The van der Waals surface area contributed by atoms with E-state index in [1.807, 2.05) is 0 Å². The predicted octanol–water partition coefficient (Wildman–Crippen LogP) is -1.00. The number of carbonyl (C=O) groups excluding carboxylic acids is 1. The Morgan fingerprint density at radius 1 is 1.35 bits per heavy atom. The number of methoxy groups -OCH3 is 1. The van der Waals surface area contributed by atoms with E-state index in [0.29, 0.717) is 13.1 Å². The zero-order valence-corrected chi connectivity index (χ0v) is 13.7. The van der Waals surface area contributed by atoms with E-state index in [4.69, 9.17) is 0 Å². The molecule has 0 aromatic heterocycles. The molecule has 23 heavy (non-hydrogen) atoms. The average molecular weight is 361 g/mol. The molecule has 7 nitrogen and oxygen atoms in total. The minimum Gasteiger partial charge on any atom is -0.384 e. The highest BCUT2D eigenvalue weighted by Gasteiger charge is 2.43. The molecule has 1 saturated heterocycles. The molecule has 1 rings (SSSR count). The normalized spacial score (nSPS) is 18.6. The summed E-state index contributed by atoms with van der Waals surface area (Å²) in [6.07, 6.45) is -4.50. The number of hydrogen-bond donors (Lipinski definition) is 2. The summed E-state index contributed by atoms with van der Waals surface area (Å²) in [6.45, 7) is 0.569. The van der Waals surface area contributed by atoms with Crippen LogP contribution in [0.2, 0.25) is 0 Å². The standard InChI is InChI=1S/C12H22F3N3O4S/c1-22-6-7-23(20,21)9-11(19)17-8-10(12(13,14)15)18-4-2-16-3-5-18/h10,16H,2-9H2,1H3,(H,17,19). The van der Waals surface area contributed by atoms with Gasteiger partial charge in [-0.2, -0.15) is 13.2 Å². The van der Waals surface area contributed by atoms with Gasteiger partial charge in [0, 0.05) is 39.8 Å². The fraction of sp³-hybridized carbons (Fsp3) is 0.917. The molecule has 0 spiro atoms. The van der Waals surface area contributed by atoms with Crippen LogP contribution in [0.5, 0.6) is 0 Å². The van der Waals surface area contributed by atoms with Crippen molar-refractivity contribution in [3.8, 4) is 0 Å². The zero-order valence-electron chi connectivity index (χ0n) is 12.9. The van der Waals surface area contributed by atoms with Gasteiger partial charge in [-0.1, -0.05) is 0 Å². The molecular weight excluding hydrogens is 339 g/mol. The van der Waals surface area contributed by atoms with Crippen molar-refractivity contribution in [3.05, 3.63) is 0 Å². The SMILES string of the molecule is COCCS(=O)(=O)CC(=O)NCC(N1CCNCC1)C(F)(F)F. The van der Waals surface area contributed by atoms with Gasteiger partial charge in [-0.15, -0.1) is 0 Å². The molecule has 0 aliphatic carbocycles. The van der Waals surface area contributed by atoms with E-state index in [-0.39, 0.29) is 25.4 Å². The minimum absolute atomic E-state index is 0.0679. The van der Waals surface area contributed by atoms with Gasteiger partial charge in [0.25, 0.3) is 0 Å². The van der Waals surface area contributed by atoms with Gasteiger partial charge >= 0.3 is 6.18 Å². The molecule has 0 aromatic rings. The van der Waals surface area contributed by atoms with Crippen LogP contribution >= 0.6 is 0 Å². The topological polar surface area (TPSA) is 87.7 Å². The van der Waals surface area contributed by atoms with Gasteiger partial charge in [-0.3, -0.25) is 9.69 Å². The van der Waals surface area contributed by atoms with E-state index in [9.17, 15) is 26.4 Å². The average Bonchev–Trinajstić information content (AvgIpc) is 2.44. The van der Waals surface area contributed by atoms with Crippen molar-refractivity contribution >= 4 is 15.7 Å². The van der Waals surface area contributed by atoms with E-state index in [0.717, 1.165) is 0 Å². The maximum absolute atomic E-state index is 13.1. The second kappa shape index (κ2) is 8.81. The Kier molecular flexibility index (Phi) is 7.71. The first kappa shape index (κ1) is 20.1. The van der Waals surface area contributed by atoms with Crippen LogP contribution in [0.4, 0.5) is 13.2 Å². The van der Waals surface area contributed by atoms with E-state index in [2.05, 4.69) is 15.4 Å². The lowest BCUT2D eigenvalue weighted by molar-refractivity contribution is -0.183. The van der Waals surface area contributed by atoms with Crippen LogP contribution in [0.1, 0.15) is 0 Å². The van der Waals surface area contributed by atoms with Crippen LogP contribution in [0, 0.1) is 0 Å². The molecule has 0 saturated carbocycles. The molecule has 1 aliphatic rings. The maximum atomic E-state index is 13.1. The largest absolute Gasteiger partial charge is 0.405 e. The number of halogens is 3. The number of sulfone groups is 1. The molecule has 0 bridgehead atoms. The van der Waals surface area contributed by atoms with E-state index in [1.54, 1.807) is 0 Å². The number of piperazine rings is 1. The monoisotopic (exact) mass is 361 g/mol. The molecule has 1 aliphatic heterocycles. The van der Waals surface area contributed by atoms with E-state index >= 15 is 0 Å². The van der Waals surface area contributed by atoms with Gasteiger partial charge in [0.2, 0.25) is 5.91 Å². The van der Waals surface area contributed by atoms with Crippen molar-refractivity contribution in [1.29, 1.82) is 0 Å². The van der Waals surface area contributed by atoms with Crippen LogP contribution in [-0.2, 0) is 19.4 Å². The first-order chi connectivity index (χ1) is 10.7. The Balaban J connectivity index is 2.55. The van der Waals surface area contributed by atoms with Crippen molar-refractivity contribution in [2.75, 3.05) is 57.9 Å². The van der Waals surface area contributed by atoms with Gasteiger partial charge in [0.15, 0.2) is 9.84 Å². The molecule has 0 aromatic carbocycles. The molecular formula is C12H22F3N3O4S. The summed E-state index contributed by atoms with van der Waals surface area (Å²) >= 11 is 0. The number of carbonyl (C=O) groups is 1. The summed E-state index contributed by atoms with van der Waals surface area (Å²) in [4.78, 5) is 12.8. The van der Waals surface area contributed by atoms with Crippen LogP contribution in [-0.4, -0.2) is 89.4 Å². The summed E-state index contributed by atoms with van der Waals surface area (Å²) in [5, 5.41) is 5.03. The molecule has 1 heterocycles.